The highest BCUT2D eigenvalue weighted by Gasteiger charge is 2.45. The van der Waals surface area contributed by atoms with Crippen molar-refractivity contribution >= 4 is 5.97 Å². The topological polar surface area (TPSA) is 102 Å². The SMILES string of the molecule is NC1(c2nc(C(=O)O)no2)CC1. The van der Waals surface area contributed by atoms with E-state index in [1.165, 1.54) is 0 Å². The summed E-state index contributed by atoms with van der Waals surface area (Å²) >= 11 is 0. The minimum Gasteiger partial charge on any atom is -0.475 e. The van der Waals surface area contributed by atoms with Crippen molar-refractivity contribution in [3.05, 3.63) is 11.7 Å². The predicted molar refractivity (Wildman–Crippen MR) is 36.4 cm³/mol. The van der Waals surface area contributed by atoms with Crippen molar-refractivity contribution in [1.82, 2.24) is 10.1 Å². The zero-order valence-electron chi connectivity index (χ0n) is 6.15. The fourth-order valence-electron chi connectivity index (χ4n) is 0.861. The van der Waals surface area contributed by atoms with Crippen molar-refractivity contribution in [3.63, 3.8) is 0 Å². The molecule has 3 N–H and O–H groups in total. The van der Waals surface area contributed by atoms with Gasteiger partial charge < -0.3 is 15.4 Å². The number of carboxylic acid groups (broad SMARTS) is 1. The third-order valence-electron chi connectivity index (χ3n) is 1.83. The van der Waals surface area contributed by atoms with Gasteiger partial charge in [-0.1, -0.05) is 0 Å². The molecule has 12 heavy (non-hydrogen) atoms. The number of nitrogens with zero attached hydrogens (tertiary/aromatic N) is 2. The molecule has 0 aromatic carbocycles. The second kappa shape index (κ2) is 2.04. The molecule has 0 aliphatic heterocycles. The number of hydrogen-bond donors (Lipinski definition) is 2. The molecule has 6 nitrogen and oxygen atoms in total. The largest absolute Gasteiger partial charge is 0.475 e. The van der Waals surface area contributed by atoms with Crippen LogP contribution in [0.2, 0.25) is 0 Å². The summed E-state index contributed by atoms with van der Waals surface area (Å²) in [5.74, 6) is -1.31. The normalized spacial score (nSPS) is 19.1. The molecule has 2 rings (SSSR count). The Morgan fingerprint density at radius 1 is 1.67 bits per heavy atom. The number of rotatable bonds is 2. The van der Waals surface area contributed by atoms with E-state index in [0.717, 1.165) is 12.8 Å². The van der Waals surface area contributed by atoms with E-state index in [4.69, 9.17) is 10.8 Å². The summed E-state index contributed by atoms with van der Waals surface area (Å²) < 4.78 is 4.69. The van der Waals surface area contributed by atoms with E-state index in [2.05, 4.69) is 14.7 Å². The van der Waals surface area contributed by atoms with Gasteiger partial charge in [0.15, 0.2) is 0 Å². The Morgan fingerprint density at radius 3 is 2.75 bits per heavy atom. The van der Waals surface area contributed by atoms with Gasteiger partial charge in [0.2, 0.25) is 5.89 Å². The van der Waals surface area contributed by atoms with Crippen LogP contribution in [0.15, 0.2) is 4.52 Å². The number of carboxylic acids is 1. The number of nitrogens with two attached hydrogens (primary N) is 1. The quantitative estimate of drug-likeness (QED) is 0.630. The van der Waals surface area contributed by atoms with Crippen LogP contribution >= 0.6 is 0 Å². The van der Waals surface area contributed by atoms with E-state index in [1.54, 1.807) is 0 Å². The molecule has 1 saturated carbocycles. The molecule has 0 bridgehead atoms. The molecular formula is C6H7N3O3. The Labute approximate surface area is 67.4 Å². The van der Waals surface area contributed by atoms with E-state index in [9.17, 15) is 4.79 Å². The molecule has 64 valence electrons. The highest BCUT2D eigenvalue weighted by molar-refractivity contribution is 5.82. The van der Waals surface area contributed by atoms with Crippen molar-refractivity contribution in [1.29, 1.82) is 0 Å². The highest BCUT2D eigenvalue weighted by atomic mass is 16.5. The molecule has 1 aliphatic rings. The Bertz CT molecular complexity index is 329. The van der Waals surface area contributed by atoms with Crippen molar-refractivity contribution < 1.29 is 14.4 Å². The van der Waals surface area contributed by atoms with Gasteiger partial charge in [-0.05, 0) is 18.0 Å². The summed E-state index contributed by atoms with van der Waals surface area (Å²) in [5.41, 5.74) is 5.14. The van der Waals surface area contributed by atoms with E-state index in [-0.39, 0.29) is 11.7 Å². The van der Waals surface area contributed by atoms with Gasteiger partial charge in [-0.25, -0.2) is 4.79 Å². The molecule has 1 heterocycles. The molecule has 1 aromatic rings. The average Bonchev–Trinajstić information content (AvgIpc) is 2.61. The summed E-state index contributed by atoms with van der Waals surface area (Å²) in [4.78, 5) is 14.0. The van der Waals surface area contributed by atoms with Crippen molar-refractivity contribution in [2.45, 2.75) is 18.4 Å². The number of carbonyl (C=O) groups is 1. The Kier molecular flexibility index (Phi) is 1.23. The third kappa shape index (κ3) is 0.964. The molecular weight excluding hydrogens is 162 g/mol. The molecule has 1 fully saturated rings. The summed E-state index contributed by atoms with van der Waals surface area (Å²) in [5, 5.41) is 11.7. The fourth-order valence-corrected chi connectivity index (χ4v) is 0.861. The number of aromatic carboxylic acids is 1. The van der Waals surface area contributed by atoms with Crippen LogP contribution < -0.4 is 5.73 Å². The second-order valence-corrected chi connectivity index (χ2v) is 2.88. The van der Waals surface area contributed by atoms with Gasteiger partial charge >= 0.3 is 5.97 Å². The van der Waals surface area contributed by atoms with E-state index >= 15 is 0 Å². The molecule has 1 aliphatic carbocycles. The lowest BCUT2D eigenvalue weighted by atomic mass is 10.3. The van der Waals surface area contributed by atoms with Crippen LogP contribution in [-0.4, -0.2) is 21.2 Å². The molecule has 1 aromatic heterocycles. The van der Waals surface area contributed by atoms with Crippen LogP contribution in [-0.2, 0) is 5.54 Å². The molecule has 6 heteroatoms. The maximum atomic E-state index is 10.3. The smallest absolute Gasteiger partial charge is 0.377 e. The Hall–Kier alpha value is -1.43. The van der Waals surface area contributed by atoms with Gasteiger partial charge in [-0.15, -0.1) is 0 Å². The van der Waals surface area contributed by atoms with Gasteiger partial charge in [0, 0.05) is 0 Å². The zero-order chi connectivity index (χ0) is 8.77. The number of hydrogen-bond acceptors (Lipinski definition) is 5. The van der Waals surface area contributed by atoms with Crippen LogP contribution in [0, 0.1) is 0 Å². The minimum atomic E-state index is -1.20. The van der Waals surface area contributed by atoms with Crippen molar-refractivity contribution in [3.8, 4) is 0 Å². The standard InChI is InChI=1S/C6H7N3O3/c7-6(1-2-6)5-8-3(4(10)11)9-12-5/h1-2,7H2,(H,10,11). The number of aromatic nitrogens is 2. The first-order valence-electron chi connectivity index (χ1n) is 3.48. The van der Waals surface area contributed by atoms with Crippen LogP contribution in [0.4, 0.5) is 0 Å². The first-order chi connectivity index (χ1) is 5.62. The highest BCUT2D eigenvalue weighted by Crippen LogP contribution is 2.41. The lowest BCUT2D eigenvalue weighted by molar-refractivity contribution is 0.0680. The second-order valence-electron chi connectivity index (χ2n) is 2.88. The van der Waals surface area contributed by atoms with Crippen LogP contribution in [0.25, 0.3) is 0 Å². The van der Waals surface area contributed by atoms with Crippen LogP contribution in [0.3, 0.4) is 0 Å². The van der Waals surface area contributed by atoms with Gasteiger partial charge in [0.05, 0.1) is 5.54 Å². The third-order valence-corrected chi connectivity index (χ3v) is 1.83. The van der Waals surface area contributed by atoms with Crippen LogP contribution in [0.1, 0.15) is 29.4 Å². The van der Waals surface area contributed by atoms with E-state index < -0.39 is 11.5 Å². The predicted octanol–water partition coefficient (Wildman–Crippen LogP) is -0.284. The monoisotopic (exact) mass is 169 g/mol. The van der Waals surface area contributed by atoms with Gasteiger partial charge in [0.25, 0.3) is 5.82 Å². The van der Waals surface area contributed by atoms with Gasteiger partial charge in [-0.3, -0.25) is 0 Å². The minimum absolute atomic E-state index is 0.222. The summed E-state index contributed by atoms with van der Waals surface area (Å²) in [6.45, 7) is 0. The Morgan fingerprint density at radius 2 is 2.33 bits per heavy atom. The zero-order valence-corrected chi connectivity index (χ0v) is 6.15. The summed E-state index contributed by atoms with van der Waals surface area (Å²) in [6.07, 6.45) is 1.54. The maximum absolute atomic E-state index is 10.3. The Balaban J connectivity index is 2.30. The first-order valence-corrected chi connectivity index (χ1v) is 3.48. The van der Waals surface area contributed by atoms with Gasteiger partial charge in [0.1, 0.15) is 0 Å². The fraction of sp³-hybridized carbons (Fsp3) is 0.500. The van der Waals surface area contributed by atoms with Crippen LogP contribution in [0.5, 0.6) is 0 Å². The summed E-state index contributed by atoms with van der Waals surface area (Å²) in [6, 6.07) is 0. The van der Waals surface area contributed by atoms with E-state index in [1.807, 2.05) is 0 Å². The lowest BCUT2D eigenvalue weighted by Crippen LogP contribution is -2.19. The first kappa shape index (κ1) is 7.23. The molecule has 0 atom stereocenters. The van der Waals surface area contributed by atoms with Gasteiger partial charge in [-0.2, -0.15) is 4.98 Å². The average molecular weight is 169 g/mol. The molecule has 0 radical (unpaired) electrons. The van der Waals surface area contributed by atoms with E-state index in [0.29, 0.717) is 0 Å². The molecule has 0 amide bonds. The lowest BCUT2D eigenvalue weighted by Gasteiger charge is -1.97. The maximum Gasteiger partial charge on any atom is 0.377 e. The molecule has 0 unspecified atom stereocenters. The molecule has 0 spiro atoms. The summed E-state index contributed by atoms with van der Waals surface area (Å²) in [7, 11) is 0. The van der Waals surface area contributed by atoms with Crippen molar-refractivity contribution in [2.24, 2.45) is 5.73 Å². The molecule has 0 saturated heterocycles. The van der Waals surface area contributed by atoms with Crippen molar-refractivity contribution in [2.75, 3.05) is 0 Å².